The summed E-state index contributed by atoms with van der Waals surface area (Å²) in [4.78, 5) is 14.1. The van der Waals surface area contributed by atoms with Crippen LogP contribution in [0.1, 0.15) is 46.0 Å². The number of hydrogen-bond donors (Lipinski definition) is 1. The van der Waals surface area contributed by atoms with Crippen molar-refractivity contribution in [3.8, 4) is 0 Å². The van der Waals surface area contributed by atoms with E-state index in [0.29, 0.717) is 30.8 Å². The fourth-order valence-electron chi connectivity index (χ4n) is 3.33. The molecule has 0 aromatic carbocycles. The van der Waals surface area contributed by atoms with Crippen molar-refractivity contribution in [2.45, 2.75) is 57.6 Å². The summed E-state index contributed by atoms with van der Waals surface area (Å²) in [6, 6.07) is 0.364. The first-order chi connectivity index (χ1) is 8.64. The zero-order valence-corrected chi connectivity index (χ0v) is 11.7. The highest BCUT2D eigenvalue weighted by Gasteiger charge is 2.41. The van der Waals surface area contributed by atoms with Crippen molar-refractivity contribution in [1.29, 1.82) is 0 Å². The Balaban J connectivity index is 2.03. The van der Waals surface area contributed by atoms with Crippen LogP contribution in [0.2, 0.25) is 0 Å². The number of rotatable bonds is 4. The molecule has 1 amide bonds. The molecule has 2 fully saturated rings. The molecule has 0 aromatic rings. The number of carbonyl (C=O) groups excluding carboxylic acids is 1. The van der Waals surface area contributed by atoms with E-state index >= 15 is 0 Å². The number of nitrogens with zero attached hydrogens (tertiary/aromatic N) is 1. The highest BCUT2D eigenvalue weighted by atomic mass is 16.5. The van der Waals surface area contributed by atoms with Gasteiger partial charge in [0, 0.05) is 25.6 Å². The van der Waals surface area contributed by atoms with Crippen LogP contribution in [0, 0.1) is 5.92 Å². The summed E-state index contributed by atoms with van der Waals surface area (Å²) in [5, 5.41) is 0. The second kappa shape index (κ2) is 5.57. The Kier molecular flexibility index (Phi) is 4.28. The van der Waals surface area contributed by atoms with Crippen LogP contribution < -0.4 is 5.73 Å². The topological polar surface area (TPSA) is 55.6 Å². The Bertz CT molecular complexity index is 302. The van der Waals surface area contributed by atoms with E-state index in [1.807, 2.05) is 0 Å². The van der Waals surface area contributed by atoms with Crippen LogP contribution in [0.5, 0.6) is 0 Å². The lowest BCUT2D eigenvalue weighted by atomic mass is 9.85. The van der Waals surface area contributed by atoms with E-state index in [1.54, 1.807) is 0 Å². The molecule has 2 rings (SSSR count). The lowest BCUT2D eigenvalue weighted by molar-refractivity contribution is -0.139. The quantitative estimate of drug-likeness (QED) is 0.828. The van der Waals surface area contributed by atoms with Crippen LogP contribution >= 0.6 is 0 Å². The van der Waals surface area contributed by atoms with E-state index in [4.69, 9.17) is 10.5 Å². The van der Waals surface area contributed by atoms with Gasteiger partial charge in [0.25, 0.3) is 0 Å². The lowest BCUT2D eigenvalue weighted by Gasteiger charge is -2.43. The summed E-state index contributed by atoms with van der Waals surface area (Å²) in [6.07, 6.45) is 4.66. The number of carbonyl (C=O) groups is 1. The molecule has 0 saturated carbocycles. The zero-order chi connectivity index (χ0) is 13.2. The molecular weight excluding hydrogens is 228 g/mol. The first kappa shape index (κ1) is 13.8. The minimum atomic E-state index is -0.00992. The molecule has 2 aliphatic rings. The van der Waals surface area contributed by atoms with Crippen LogP contribution in [0.25, 0.3) is 0 Å². The van der Waals surface area contributed by atoms with E-state index < -0.39 is 0 Å². The van der Waals surface area contributed by atoms with Crippen molar-refractivity contribution in [1.82, 2.24) is 4.90 Å². The first-order valence-electron chi connectivity index (χ1n) is 7.27. The third-order valence-corrected chi connectivity index (χ3v) is 4.77. The van der Waals surface area contributed by atoms with Gasteiger partial charge in [-0.25, -0.2) is 0 Å². The van der Waals surface area contributed by atoms with Gasteiger partial charge in [0.15, 0.2) is 0 Å². The molecule has 0 aromatic heterocycles. The molecule has 18 heavy (non-hydrogen) atoms. The van der Waals surface area contributed by atoms with Crippen LogP contribution in [0.4, 0.5) is 0 Å². The second-order valence-corrected chi connectivity index (χ2v) is 5.74. The Morgan fingerprint density at radius 3 is 2.72 bits per heavy atom. The number of ether oxygens (including phenoxy) is 1. The SMILES string of the molecule is CCC1(CC)CC(N2CC(CN)CC2=O)CCO1. The molecule has 4 nitrogen and oxygen atoms in total. The molecule has 2 unspecified atom stereocenters. The number of hydrogen-bond acceptors (Lipinski definition) is 3. The monoisotopic (exact) mass is 254 g/mol. The first-order valence-corrected chi connectivity index (χ1v) is 7.27. The summed E-state index contributed by atoms with van der Waals surface area (Å²) < 4.78 is 5.98. The Hall–Kier alpha value is -0.610. The fourth-order valence-corrected chi connectivity index (χ4v) is 3.33. The van der Waals surface area contributed by atoms with Crippen LogP contribution in [0.15, 0.2) is 0 Å². The predicted octanol–water partition coefficient (Wildman–Crippen LogP) is 1.53. The van der Waals surface area contributed by atoms with E-state index in [-0.39, 0.29) is 5.60 Å². The summed E-state index contributed by atoms with van der Waals surface area (Å²) in [5.74, 6) is 0.649. The van der Waals surface area contributed by atoms with E-state index in [1.165, 1.54) is 0 Å². The van der Waals surface area contributed by atoms with Crippen molar-refractivity contribution >= 4 is 5.91 Å². The highest BCUT2D eigenvalue weighted by Crippen LogP contribution is 2.35. The minimum absolute atomic E-state index is 0.00992. The Morgan fingerprint density at radius 1 is 1.44 bits per heavy atom. The predicted molar refractivity (Wildman–Crippen MR) is 71.2 cm³/mol. The molecule has 4 heteroatoms. The summed E-state index contributed by atoms with van der Waals surface area (Å²) >= 11 is 0. The van der Waals surface area contributed by atoms with Crippen molar-refractivity contribution in [3.63, 3.8) is 0 Å². The maximum absolute atomic E-state index is 12.1. The van der Waals surface area contributed by atoms with Gasteiger partial charge in [-0.15, -0.1) is 0 Å². The van der Waals surface area contributed by atoms with Crippen molar-refractivity contribution in [2.75, 3.05) is 19.7 Å². The molecular formula is C14H26N2O2. The zero-order valence-electron chi connectivity index (χ0n) is 11.7. The highest BCUT2D eigenvalue weighted by molar-refractivity contribution is 5.79. The van der Waals surface area contributed by atoms with Gasteiger partial charge in [-0.05, 0) is 38.1 Å². The van der Waals surface area contributed by atoms with Gasteiger partial charge in [0.05, 0.1) is 5.60 Å². The maximum Gasteiger partial charge on any atom is 0.223 e. The van der Waals surface area contributed by atoms with Crippen LogP contribution in [-0.4, -0.2) is 42.1 Å². The molecule has 2 aliphatic heterocycles. The Labute approximate surface area is 110 Å². The molecule has 2 saturated heterocycles. The summed E-state index contributed by atoms with van der Waals surface area (Å²) in [5.41, 5.74) is 5.68. The number of nitrogens with two attached hydrogens (primary N) is 1. The van der Waals surface area contributed by atoms with E-state index in [9.17, 15) is 4.79 Å². The smallest absolute Gasteiger partial charge is 0.223 e. The molecule has 2 N–H and O–H groups in total. The van der Waals surface area contributed by atoms with Gasteiger partial charge in [0.1, 0.15) is 0 Å². The largest absolute Gasteiger partial charge is 0.375 e. The van der Waals surface area contributed by atoms with Crippen molar-refractivity contribution < 1.29 is 9.53 Å². The fraction of sp³-hybridized carbons (Fsp3) is 0.929. The van der Waals surface area contributed by atoms with E-state index in [0.717, 1.165) is 38.8 Å². The molecule has 104 valence electrons. The van der Waals surface area contributed by atoms with Crippen LogP contribution in [0.3, 0.4) is 0 Å². The molecule has 2 heterocycles. The molecule has 0 aliphatic carbocycles. The van der Waals surface area contributed by atoms with Gasteiger partial charge >= 0.3 is 0 Å². The maximum atomic E-state index is 12.1. The second-order valence-electron chi connectivity index (χ2n) is 5.74. The van der Waals surface area contributed by atoms with Crippen molar-refractivity contribution in [3.05, 3.63) is 0 Å². The lowest BCUT2D eigenvalue weighted by Crippen LogP contribution is -2.49. The van der Waals surface area contributed by atoms with E-state index in [2.05, 4.69) is 18.7 Å². The van der Waals surface area contributed by atoms with Gasteiger partial charge in [-0.1, -0.05) is 13.8 Å². The molecule has 0 radical (unpaired) electrons. The normalized spacial score (nSPS) is 31.9. The van der Waals surface area contributed by atoms with Crippen molar-refractivity contribution in [2.24, 2.45) is 11.7 Å². The number of likely N-dealkylation sites (tertiary alicyclic amines) is 1. The van der Waals surface area contributed by atoms with Gasteiger partial charge in [-0.2, -0.15) is 0 Å². The van der Waals surface area contributed by atoms with Gasteiger partial charge in [-0.3, -0.25) is 4.79 Å². The Morgan fingerprint density at radius 2 is 2.17 bits per heavy atom. The molecule has 0 spiro atoms. The third kappa shape index (κ3) is 2.54. The number of amides is 1. The summed E-state index contributed by atoms with van der Waals surface area (Å²) in [6.45, 7) is 6.62. The molecule has 0 bridgehead atoms. The summed E-state index contributed by atoms with van der Waals surface area (Å²) in [7, 11) is 0. The third-order valence-electron chi connectivity index (χ3n) is 4.77. The average molecular weight is 254 g/mol. The average Bonchev–Trinajstić information content (AvgIpc) is 2.80. The molecule has 2 atom stereocenters. The van der Waals surface area contributed by atoms with Crippen LogP contribution in [-0.2, 0) is 9.53 Å². The standard InChI is InChI=1S/C14H26N2O2/c1-3-14(4-2)8-12(5-6-18-14)16-10-11(9-15)7-13(16)17/h11-12H,3-10,15H2,1-2H3. The van der Waals surface area contributed by atoms with Gasteiger partial charge in [0.2, 0.25) is 5.91 Å². The van der Waals surface area contributed by atoms with Gasteiger partial charge < -0.3 is 15.4 Å². The minimum Gasteiger partial charge on any atom is -0.375 e.